The van der Waals surface area contributed by atoms with E-state index in [-0.39, 0.29) is 0 Å². The number of benzene rings is 6. The Bertz CT molecular complexity index is 2800. The number of hydrogen-bond donors (Lipinski definition) is 0. The van der Waals surface area contributed by atoms with Gasteiger partial charge >= 0.3 is 0 Å². The van der Waals surface area contributed by atoms with Crippen molar-refractivity contribution in [1.82, 2.24) is 24.5 Å². The zero-order valence-electron chi connectivity index (χ0n) is 26.7. The molecule has 0 aliphatic heterocycles. The highest BCUT2D eigenvalue weighted by atomic mass is 16.3. The molecular formula is C44H27N5O. The molecule has 6 aromatic carbocycles. The quantitative estimate of drug-likeness (QED) is 0.187. The zero-order valence-corrected chi connectivity index (χ0v) is 26.7. The van der Waals surface area contributed by atoms with Crippen molar-refractivity contribution in [3.63, 3.8) is 0 Å². The van der Waals surface area contributed by atoms with Gasteiger partial charge < -0.3 is 4.42 Å². The summed E-state index contributed by atoms with van der Waals surface area (Å²) in [5, 5.41) is 4.31. The Kier molecular flexibility index (Phi) is 6.39. The third-order valence-electron chi connectivity index (χ3n) is 9.33. The highest BCUT2D eigenvalue weighted by Crippen LogP contribution is 2.38. The lowest BCUT2D eigenvalue weighted by Crippen LogP contribution is -2.00. The number of fused-ring (bicyclic) bond motifs is 6. The van der Waals surface area contributed by atoms with Crippen molar-refractivity contribution in [3.8, 4) is 51.0 Å². The standard InChI is InChI=1S/C44H27N5O/c1-3-11-28(12-4-1)29-20-22-31(23-21-29)42-46-41(30-13-5-2-6-14-30)47-43(48-42)32-24-25-34-35-16-9-19-38(40(35)50-39(34)27-32)49-37-18-8-7-15-33(37)36-17-10-26-45-44(36)49/h1-27H. The number of hydrogen-bond acceptors (Lipinski definition) is 5. The minimum absolute atomic E-state index is 0.579. The molecule has 0 amide bonds. The lowest BCUT2D eigenvalue weighted by atomic mass is 10.0. The maximum absolute atomic E-state index is 6.73. The molecule has 4 heterocycles. The second-order valence-electron chi connectivity index (χ2n) is 12.3. The van der Waals surface area contributed by atoms with Crippen molar-refractivity contribution >= 4 is 43.9 Å². The zero-order chi connectivity index (χ0) is 33.0. The van der Waals surface area contributed by atoms with Gasteiger partial charge in [0.2, 0.25) is 0 Å². The molecule has 0 aliphatic carbocycles. The highest BCUT2D eigenvalue weighted by Gasteiger charge is 2.19. The van der Waals surface area contributed by atoms with Crippen LogP contribution >= 0.6 is 0 Å². The predicted octanol–water partition coefficient (Wildman–Crippen LogP) is 10.9. The van der Waals surface area contributed by atoms with Crippen molar-refractivity contribution in [2.24, 2.45) is 0 Å². The van der Waals surface area contributed by atoms with Crippen molar-refractivity contribution in [1.29, 1.82) is 0 Å². The van der Waals surface area contributed by atoms with Gasteiger partial charge in [0.15, 0.2) is 23.1 Å². The molecule has 0 unspecified atom stereocenters. The van der Waals surface area contributed by atoms with Crippen LogP contribution in [-0.2, 0) is 0 Å². The van der Waals surface area contributed by atoms with Gasteiger partial charge in [0.05, 0.1) is 11.2 Å². The monoisotopic (exact) mass is 641 g/mol. The SMILES string of the molecule is c1ccc(-c2ccc(-c3nc(-c4ccccc4)nc(-c4ccc5c(c4)oc4c(-n6c7ccccc7c7cccnc76)cccc45)n3)cc2)cc1. The van der Waals surface area contributed by atoms with Crippen LogP contribution in [0.3, 0.4) is 0 Å². The fraction of sp³-hybridized carbons (Fsp3) is 0. The van der Waals surface area contributed by atoms with E-state index >= 15 is 0 Å². The van der Waals surface area contributed by atoms with E-state index < -0.39 is 0 Å². The topological polar surface area (TPSA) is 69.6 Å². The first-order chi connectivity index (χ1) is 24.8. The molecule has 0 atom stereocenters. The van der Waals surface area contributed by atoms with Crippen LogP contribution in [0.15, 0.2) is 168 Å². The van der Waals surface area contributed by atoms with Gasteiger partial charge in [-0.05, 0) is 47.5 Å². The average Bonchev–Trinajstić information content (AvgIpc) is 3.74. The van der Waals surface area contributed by atoms with E-state index in [0.717, 1.165) is 77.4 Å². The Balaban J connectivity index is 1.12. The minimum atomic E-state index is 0.579. The number of rotatable bonds is 5. The Morgan fingerprint density at radius 2 is 1.00 bits per heavy atom. The van der Waals surface area contributed by atoms with Crippen LogP contribution in [0.2, 0.25) is 0 Å². The number of furan rings is 1. The van der Waals surface area contributed by atoms with Gasteiger partial charge in [-0.2, -0.15) is 0 Å². The Labute approximate surface area is 287 Å². The molecule has 0 saturated heterocycles. The largest absolute Gasteiger partial charge is 0.454 e. The van der Waals surface area contributed by atoms with Crippen LogP contribution in [0.25, 0.3) is 94.9 Å². The van der Waals surface area contributed by atoms with Crippen molar-refractivity contribution < 1.29 is 4.42 Å². The fourth-order valence-corrected chi connectivity index (χ4v) is 6.93. The van der Waals surface area contributed by atoms with Crippen molar-refractivity contribution in [2.75, 3.05) is 0 Å². The van der Waals surface area contributed by atoms with Crippen LogP contribution in [0.4, 0.5) is 0 Å². The Morgan fingerprint density at radius 1 is 0.420 bits per heavy atom. The average molecular weight is 642 g/mol. The van der Waals surface area contributed by atoms with Gasteiger partial charge in [0.25, 0.3) is 0 Å². The molecule has 10 aromatic rings. The normalized spacial score (nSPS) is 11.6. The van der Waals surface area contributed by atoms with Crippen LogP contribution in [-0.4, -0.2) is 24.5 Å². The van der Waals surface area contributed by atoms with Crippen molar-refractivity contribution in [3.05, 3.63) is 164 Å². The minimum Gasteiger partial charge on any atom is -0.454 e. The molecule has 0 bridgehead atoms. The Hall–Kier alpha value is -6.92. The van der Waals surface area contributed by atoms with Gasteiger partial charge in [-0.3, -0.25) is 4.57 Å². The van der Waals surface area contributed by atoms with Crippen LogP contribution in [0.1, 0.15) is 0 Å². The van der Waals surface area contributed by atoms with Gasteiger partial charge in [-0.1, -0.05) is 121 Å². The summed E-state index contributed by atoms with van der Waals surface area (Å²) < 4.78 is 8.93. The lowest BCUT2D eigenvalue weighted by Gasteiger charge is -2.09. The predicted molar refractivity (Wildman–Crippen MR) is 201 cm³/mol. The summed E-state index contributed by atoms with van der Waals surface area (Å²) in [4.78, 5) is 19.7. The first kappa shape index (κ1) is 28.1. The third kappa shape index (κ3) is 4.58. The molecule has 0 spiro atoms. The summed E-state index contributed by atoms with van der Waals surface area (Å²) in [5.41, 5.74) is 9.46. The summed E-state index contributed by atoms with van der Waals surface area (Å²) in [5.74, 6) is 1.80. The van der Waals surface area contributed by atoms with E-state index in [1.165, 1.54) is 0 Å². The molecule has 6 heteroatoms. The molecular weight excluding hydrogens is 615 g/mol. The van der Waals surface area contributed by atoms with E-state index in [9.17, 15) is 0 Å². The number of pyridine rings is 1. The summed E-state index contributed by atoms with van der Waals surface area (Å²) in [6, 6.07) is 53.8. The van der Waals surface area contributed by atoms with Gasteiger partial charge in [-0.25, -0.2) is 19.9 Å². The van der Waals surface area contributed by atoms with Crippen molar-refractivity contribution in [2.45, 2.75) is 0 Å². The smallest absolute Gasteiger partial charge is 0.164 e. The van der Waals surface area contributed by atoms with E-state index in [2.05, 4.69) is 114 Å². The molecule has 0 saturated carbocycles. The van der Waals surface area contributed by atoms with Crippen LogP contribution < -0.4 is 0 Å². The molecule has 234 valence electrons. The second-order valence-corrected chi connectivity index (χ2v) is 12.3. The Morgan fingerprint density at radius 3 is 1.78 bits per heavy atom. The summed E-state index contributed by atoms with van der Waals surface area (Å²) in [6.45, 7) is 0. The summed E-state index contributed by atoms with van der Waals surface area (Å²) >= 11 is 0. The first-order valence-corrected chi connectivity index (χ1v) is 16.6. The van der Waals surface area contributed by atoms with E-state index in [4.69, 9.17) is 24.4 Å². The molecule has 0 aliphatic rings. The first-order valence-electron chi connectivity index (χ1n) is 16.6. The molecule has 4 aromatic heterocycles. The molecule has 0 radical (unpaired) electrons. The van der Waals surface area contributed by atoms with E-state index in [0.29, 0.717) is 17.5 Å². The third-order valence-corrected chi connectivity index (χ3v) is 9.33. The van der Waals surface area contributed by atoms with Gasteiger partial charge in [0.1, 0.15) is 11.2 Å². The van der Waals surface area contributed by atoms with Gasteiger partial charge in [0, 0.05) is 44.4 Å². The molecule has 50 heavy (non-hydrogen) atoms. The lowest BCUT2D eigenvalue weighted by molar-refractivity contribution is 0.666. The summed E-state index contributed by atoms with van der Waals surface area (Å²) in [7, 11) is 0. The fourth-order valence-electron chi connectivity index (χ4n) is 6.93. The number of aromatic nitrogens is 5. The molecule has 6 nitrogen and oxygen atoms in total. The maximum Gasteiger partial charge on any atom is 0.164 e. The van der Waals surface area contributed by atoms with E-state index in [1.807, 2.05) is 54.7 Å². The molecule has 10 rings (SSSR count). The van der Waals surface area contributed by atoms with Crippen LogP contribution in [0.5, 0.6) is 0 Å². The molecule has 0 N–H and O–H groups in total. The van der Waals surface area contributed by atoms with E-state index in [1.54, 1.807) is 0 Å². The number of para-hydroxylation sites is 2. The number of nitrogens with zero attached hydrogens (tertiary/aromatic N) is 5. The van der Waals surface area contributed by atoms with Crippen LogP contribution in [0, 0.1) is 0 Å². The van der Waals surface area contributed by atoms with Gasteiger partial charge in [-0.15, -0.1) is 0 Å². The maximum atomic E-state index is 6.73. The second kappa shape index (κ2) is 11.4. The molecule has 0 fully saturated rings. The summed E-state index contributed by atoms with van der Waals surface area (Å²) in [6.07, 6.45) is 1.84. The highest BCUT2D eigenvalue weighted by molar-refractivity contribution is 6.12.